The van der Waals surface area contributed by atoms with Gasteiger partial charge in [-0.25, -0.2) is 0 Å². The fourth-order valence-corrected chi connectivity index (χ4v) is 3.76. The van der Waals surface area contributed by atoms with Gasteiger partial charge in [-0.2, -0.15) is 0 Å². The molecule has 2 nitrogen and oxygen atoms in total. The molecule has 0 saturated carbocycles. The average molecular weight is 282 g/mol. The van der Waals surface area contributed by atoms with E-state index < -0.39 is 0 Å². The summed E-state index contributed by atoms with van der Waals surface area (Å²) in [6, 6.07) is 10.7. The molecule has 1 aromatic heterocycles. The third-order valence-corrected chi connectivity index (χ3v) is 5.05. The summed E-state index contributed by atoms with van der Waals surface area (Å²) in [5, 5.41) is 4.87. The summed E-state index contributed by atoms with van der Waals surface area (Å²) in [4.78, 5) is 4.46. The Morgan fingerprint density at radius 3 is 3.00 bits per heavy atom. The number of aromatic nitrogens is 1. The maximum Gasteiger partial charge on any atom is 0.0704 e. The van der Waals surface area contributed by atoms with Crippen LogP contribution in [-0.4, -0.2) is 18.1 Å². The van der Waals surface area contributed by atoms with Crippen LogP contribution in [0.3, 0.4) is 0 Å². The van der Waals surface area contributed by atoms with Gasteiger partial charge in [-0.3, -0.25) is 4.98 Å². The molecule has 1 saturated heterocycles. The molecule has 0 aliphatic carbocycles. The predicted octanol–water partition coefficient (Wildman–Crippen LogP) is 4.19. The second kappa shape index (κ2) is 7.04. The molecule has 2 aromatic rings. The van der Waals surface area contributed by atoms with Gasteiger partial charge in [0, 0.05) is 11.6 Å². The highest BCUT2D eigenvalue weighted by Gasteiger charge is 2.22. The molecule has 2 heteroatoms. The van der Waals surface area contributed by atoms with Crippen molar-refractivity contribution in [2.24, 2.45) is 11.8 Å². The molecule has 112 valence electrons. The van der Waals surface area contributed by atoms with Crippen LogP contribution in [0.25, 0.3) is 10.9 Å². The van der Waals surface area contributed by atoms with Gasteiger partial charge in [-0.15, -0.1) is 0 Å². The molecular formula is C19H26N2. The summed E-state index contributed by atoms with van der Waals surface area (Å²) >= 11 is 0. The number of hydrogen-bond donors (Lipinski definition) is 1. The molecular weight excluding hydrogens is 256 g/mol. The highest BCUT2D eigenvalue weighted by Crippen LogP contribution is 2.27. The topological polar surface area (TPSA) is 24.9 Å². The van der Waals surface area contributed by atoms with E-state index in [1.165, 1.54) is 56.1 Å². The number of benzene rings is 1. The zero-order valence-corrected chi connectivity index (χ0v) is 13.0. The summed E-state index contributed by atoms with van der Waals surface area (Å²) in [6.45, 7) is 4.76. The number of rotatable bonds is 5. The van der Waals surface area contributed by atoms with Crippen molar-refractivity contribution in [1.82, 2.24) is 10.3 Å². The van der Waals surface area contributed by atoms with Crippen molar-refractivity contribution in [3.05, 3.63) is 42.1 Å². The van der Waals surface area contributed by atoms with Crippen LogP contribution >= 0.6 is 0 Å². The molecule has 0 unspecified atom stereocenters. The monoisotopic (exact) mass is 282 g/mol. The molecule has 1 aromatic carbocycles. The van der Waals surface area contributed by atoms with Crippen molar-refractivity contribution >= 4 is 10.9 Å². The van der Waals surface area contributed by atoms with E-state index in [2.05, 4.69) is 47.6 Å². The van der Waals surface area contributed by atoms with Gasteiger partial charge in [0.05, 0.1) is 5.52 Å². The Bertz CT molecular complexity index is 573. The van der Waals surface area contributed by atoms with Gasteiger partial charge < -0.3 is 5.32 Å². The third-order valence-electron chi connectivity index (χ3n) is 5.05. The van der Waals surface area contributed by atoms with Crippen LogP contribution in [0.4, 0.5) is 0 Å². The van der Waals surface area contributed by atoms with Crippen LogP contribution in [0.1, 0.15) is 38.2 Å². The van der Waals surface area contributed by atoms with Gasteiger partial charge in [0.2, 0.25) is 0 Å². The van der Waals surface area contributed by atoms with Crippen molar-refractivity contribution in [3.8, 4) is 0 Å². The maximum atomic E-state index is 4.46. The SMILES string of the molecule is CC[C@H]1CNCC[C@H]1CCCc1ccnc2ccccc12. The lowest BCUT2D eigenvalue weighted by Crippen LogP contribution is -2.36. The lowest BCUT2D eigenvalue weighted by molar-refractivity contribution is 0.230. The molecule has 2 atom stereocenters. The Morgan fingerprint density at radius 2 is 2.10 bits per heavy atom. The van der Waals surface area contributed by atoms with Crippen LogP contribution in [-0.2, 0) is 6.42 Å². The van der Waals surface area contributed by atoms with Crippen molar-refractivity contribution in [2.75, 3.05) is 13.1 Å². The summed E-state index contributed by atoms with van der Waals surface area (Å²) in [5.41, 5.74) is 2.59. The van der Waals surface area contributed by atoms with Crippen LogP contribution in [0.15, 0.2) is 36.5 Å². The van der Waals surface area contributed by atoms with Gasteiger partial charge in [0.25, 0.3) is 0 Å². The maximum absolute atomic E-state index is 4.46. The van der Waals surface area contributed by atoms with Crippen LogP contribution < -0.4 is 5.32 Å². The van der Waals surface area contributed by atoms with E-state index in [4.69, 9.17) is 0 Å². The minimum absolute atomic E-state index is 0.882. The molecule has 1 N–H and O–H groups in total. The Labute approximate surface area is 128 Å². The first-order valence-electron chi connectivity index (χ1n) is 8.42. The first kappa shape index (κ1) is 14.5. The van der Waals surface area contributed by atoms with Crippen molar-refractivity contribution in [1.29, 1.82) is 0 Å². The van der Waals surface area contributed by atoms with Crippen LogP contribution in [0.5, 0.6) is 0 Å². The Morgan fingerprint density at radius 1 is 1.19 bits per heavy atom. The molecule has 0 amide bonds. The number of hydrogen-bond acceptors (Lipinski definition) is 2. The highest BCUT2D eigenvalue weighted by molar-refractivity contribution is 5.81. The molecule has 0 spiro atoms. The van der Waals surface area contributed by atoms with E-state index in [0.29, 0.717) is 0 Å². The fourth-order valence-electron chi connectivity index (χ4n) is 3.76. The molecule has 1 fully saturated rings. The van der Waals surface area contributed by atoms with Crippen molar-refractivity contribution in [2.45, 2.75) is 39.0 Å². The molecule has 1 aliphatic heterocycles. The Hall–Kier alpha value is -1.41. The molecule has 3 rings (SSSR count). The fraction of sp³-hybridized carbons (Fsp3) is 0.526. The number of para-hydroxylation sites is 1. The Kier molecular flexibility index (Phi) is 4.87. The van der Waals surface area contributed by atoms with Crippen molar-refractivity contribution < 1.29 is 0 Å². The lowest BCUT2D eigenvalue weighted by atomic mass is 9.81. The second-order valence-corrected chi connectivity index (χ2v) is 6.30. The molecule has 2 heterocycles. The van der Waals surface area contributed by atoms with E-state index in [-0.39, 0.29) is 0 Å². The standard InChI is InChI=1S/C19H26N2/c1-2-15-14-20-12-10-16(15)6-5-7-17-11-13-21-19-9-4-3-8-18(17)19/h3-4,8-9,11,13,15-16,20H,2,5-7,10,12,14H2,1H3/t15-,16+/m0/s1. The number of pyridine rings is 1. The smallest absolute Gasteiger partial charge is 0.0704 e. The van der Waals surface area contributed by atoms with E-state index in [1.54, 1.807) is 0 Å². The molecule has 0 bridgehead atoms. The highest BCUT2D eigenvalue weighted by atomic mass is 14.9. The van der Waals surface area contributed by atoms with Gasteiger partial charge in [-0.05, 0) is 68.3 Å². The van der Waals surface area contributed by atoms with Crippen molar-refractivity contribution in [3.63, 3.8) is 0 Å². The Balaban J connectivity index is 1.61. The summed E-state index contributed by atoms with van der Waals surface area (Å²) in [6.07, 6.45) is 8.48. The number of nitrogens with one attached hydrogen (secondary N) is 1. The van der Waals surface area contributed by atoms with Gasteiger partial charge in [0.15, 0.2) is 0 Å². The zero-order chi connectivity index (χ0) is 14.5. The van der Waals surface area contributed by atoms with Crippen LogP contribution in [0.2, 0.25) is 0 Å². The number of piperidine rings is 1. The third kappa shape index (κ3) is 3.44. The summed E-state index contributed by atoms with van der Waals surface area (Å²) in [5.74, 6) is 1.80. The lowest BCUT2D eigenvalue weighted by Gasteiger charge is -2.31. The van der Waals surface area contributed by atoms with E-state index in [1.807, 2.05) is 6.20 Å². The zero-order valence-electron chi connectivity index (χ0n) is 13.0. The van der Waals surface area contributed by atoms with Crippen LogP contribution in [0, 0.1) is 11.8 Å². The minimum Gasteiger partial charge on any atom is -0.316 e. The average Bonchev–Trinajstić information content (AvgIpc) is 2.55. The number of nitrogens with zero attached hydrogens (tertiary/aromatic N) is 1. The predicted molar refractivity (Wildman–Crippen MR) is 89.4 cm³/mol. The van der Waals surface area contributed by atoms with Gasteiger partial charge in [-0.1, -0.05) is 31.5 Å². The quantitative estimate of drug-likeness (QED) is 0.889. The largest absolute Gasteiger partial charge is 0.316 e. The summed E-state index contributed by atoms with van der Waals surface area (Å²) in [7, 11) is 0. The van der Waals surface area contributed by atoms with E-state index in [0.717, 1.165) is 17.4 Å². The van der Waals surface area contributed by atoms with Gasteiger partial charge >= 0.3 is 0 Å². The summed E-state index contributed by atoms with van der Waals surface area (Å²) < 4.78 is 0. The normalized spacial score (nSPS) is 22.5. The number of aryl methyl sites for hydroxylation is 1. The van der Waals surface area contributed by atoms with E-state index >= 15 is 0 Å². The van der Waals surface area contributed by atoms with Gasteiger partial charge in [0.1, 0.15) is 0 Å². The number of fused-ring (bicyclic) bond motifs is 1. The molecule has 0 radical (unpaired) electrons. The molecule has 21 heavy (non-hydrogen) atoms. The minimum atomic E-state index is 0.882. The first-order valence-corrected chi connectivity index (χ1v) is 8.42. The first-order chi connectivity index (χ1) is 10.4. The molecule has 1 aliphatic rings. The van der Waals surface area contributed by atoms with E-state index in [9.17, 15) is 0 Å². The second-order valence-electron chi connectivity index (χ2n) is 6.30.